The Morgan fingerprint density at radius 1 is 1.11 bits per heavy atom. The van der Waals surface area contributed by atoms with Gasteiger partial charge < -0.3 is 4.74 Å². The molecule has 2 rings (SSSR count). The van der Waals surface area contributed by atoms with Crippen LogP contribution in [0.1, 0.15) is 52.0 Å². The summed E-state index contributed by atoms with van der Waals surface area (Å²) in [6, 6.07) is 11.2. The third-order valence-electron chi connectivity index (χ3n) is 4.91. The van der Waals surface area contributed by atoms with Gasteiger partial charge in [-0.15, -0.1) is 12.6 Å². The lowest BCUT2D eigenvalue weighted by atomic mass is 9.80. The van der Waals surface area contributed by atoms with Crippen molar-refractivity contribution in [2.75, 3.05) is 13.4 Å². The van der Waals surface area contributed by atoms with E-state index in [4.69, 9.17) is 4.74 Å². The molecule has 0 bridgehead atoms. The maximum absolute atomic E-state index is 11.7. The Hall–Kier alpha value is -1.11. The third kappa shape index (κ3) is 5.94. The first-order valence-corrected chi connectivity index (χ1v) is 12.6. The van der Waals surface area contributed by atoms with Crippen molar-refractivity contribution >= 4 is 34.2 Å². The summed E-state index contributed by atoms with van der Waals surface area (Å²) in [5, 5.41) is 0. The molecule has 6 heteroatoms. The molecule has 0 aliphatic carbocycles. The topological polar surface area (TPSA) is 43.4 Å². The minimum absolute atomic E-state index is 0.0500. The molecule has 0 spiro atoms. The van der Waals surface area contributed by atoms with Crippen molar-refractivity contribution in [3.8, 4) is 5.75 Å². The highest BCUT2D eigenvalue weighted by Crippen LogP contribution is 2.43. The number of sulfone groups is 1. The van der Waals surface area contributed by atoms with E-state index in [1.54, 1.807) is 31.0 Å². The standard InChI is InChI=1S/C22H30O3S3/c1-6-7-8-13-22(2,3)16-14-19(26)21(25-4)20(15-16)27-17-9-11-18(12-10-17)28(5,23)24/h9-12,14-15,26H,6-8,13H2,1-5H3. The van der Waals surface area contributed by atoms with Crippen LogP contribution in [0, 0.1) is 0 Å². The monoisotopic (exact) mass is 438 g/mol. The van der Waals surface area contributed by atoms with Crippen LogP contribution in [-0.4, -0.2) is 21.8 Å². The highest BCUT2D eigenvalue weighted by atomic mass is 32.2. The average Bonchev–Trinajstić information content (AvgIpc) is 2.61. The van der Waals surface area contributed by atoms with E-state index in [-0.39, 0.29) is 5.41 Å². The summed E-state index contributed by atoms with van der Waals surface area (Å²) in [6.45, 7) is 6.76. The number of rotatable bonds is 9. The number of hydrogen-bond acceptors (Lipinski definition) is 5. The van der Waals surface area contributed by atoms with Gasteiger partial charge in [-0.1, -0.05) is 51.8 Å². The summed E-state index contributed by atoms with van der Waals surface area (Å²) in [4.78, 5) is 3.09. The Bertz CT molecular complexity index is 901. The fraction of sp³-hybridized carbons (Fsp3) is 0.455. The second-order valence-electron chi connectivity index (χ2n) is 7.71. The number of thiol groups is 1. The number of benzene rings is 2. The van der Waals surface area contributed by atoms with E-state index in [0.29, 0.717) is 4.90 Å². The predicted molar refractivity (Wildman–Crippen MR) is 121 cm³/mol. The SMILES string of the molecule is CCCCCC(C)(C)c1cc(S)c(OC)c(Sc2ccc(S(C)(=O)=O)cc2)c1. The van der Waals surface area contributed by atoms with Crippen molar-refractivity contribution in [2.45, 2.75) is 71.5 Å². The number of hydrogen-bond donors (Lipinski definition) is 1. The van der Waals surface area contributed by atoms with E-state index in [2.05, 4.69) is 45.5 Å². The average molecular weight is 439 g/mol. The number of methoxy groups -OCH3 is 1. The molecule has 0 unspecified atom stereocenters. The molecule has 0 aromatic heterocycles. The summed E-state index contributed by atoms with van der Waals surface area (Å²) in [7, 11) is -1.54. The Balaban J connectivity index is 2.36. The second kappa shape index (κ2) is 9.59. The molecular weight excluding hydrogens is 408 g/mol. The van der Waals surface area contributed by atoms with E-state index in [0.717, 1.165) is 26.9 Å². The van der Waals surface area contributed by atoms with Crippen molar-refractivity contribution in [1.82, 2.24) is 0 Å². The zero-order valence-corrected chi connectivity index (χ0v) is 19.8. The van der Waals surface area contributed by atoms with Crippen LogP contribution in [0.25, 0.3) is 0 Å². The lowest BCUT2D eigenvalue weighted by Gasteiger charge is -2.27. The molecule has 0 aliphatic heterocycles. The maximum Gasteiger partial charge on any atom is 0.175 e. The normalized spacial score (nSPS) is 12.2. The van der Waals surface area contributed by atoms with Gasteiger partial charge in [-0.25, -0.2) is 8.42 Å². The quantitative estimate of drug-likeness (QED) is 0.363. The van der Waals surface area contributed by atoms with E-state index in [9.17, 15) is 8.42 Å². The Morgan fingerprint density at radius 3 is 2.29 bits per heavy atom. The highest BCUT2D eigenvalue weighted by Gasteiger charge is 2.23. The smallest absolute Gasteiger partial charge is 0.175 e. The molecule has 0 amide bonds. The fourth-order valence-electron chi connectivity index (χ4n) is 3.10. The van der Waals surface area contributed by atoms with Crippen molar-refractivity contribution in [3.63, 3.8) is 0 Å². The summed E-state index contributed by atoms with van der Waals surface area (Å²) in [5.41, 5.74) is 1.29. The maximum atomic E-state index is 11.7. The molecule has 0 fully saturated rings. The molecule has 0 atom stereocenters. The second-order valence-corrected chi connectivity index (χ2v) is 11.3. The van der Waals surface area contributed by atoms with Gasteiger partial charge in [0, 0.05) is 16.0 Å². The minimum atomic E-state index is -3.20. The lowest BCUT2D eigenvalue weighted by molar-refractivity contribution is 0.391. The van der Waals surface area contributed by atoms with E-state index < -0.39 is 9.84 Å². The summed E-state index contributed by atoms with van der Waals surface area (Å²) < 4.78 is 28.9. The number of unbranched alkanes of at least 4 members (excludes halogenated alkanes) is 2. The van der Waals surface area contributed by atoms with Gasteiger partial charge in [0.2, 0.25) is 0 Å². The van der Waals surface area contributed by atoms with Gasteiger partial charge in [-0.05, 0) is 53.8 Å². The van der Waals surface area contributed by atoms with Gasteiger partial charge in [0.15, 0.2) is 9.84 Å². The molecule has 3 nitrogen and oxygen atoms in total. The molecule has 0 saturated heterocycles. The Morgan fingerprint density at radius 2 is 1.75 bits per heavy atom. The van der Waals surface area contributed by atoms with Crippen molar-refractivity contribution in [3.05, 3.63) is 42.0 Å². The largest absolute Gasteiger partial charge is 0.494 e. The van der Waals surface area contributed by atoms with Crippen LogP contribution in [0.2, 0.25) is 0 Å². The molecule has 0 aliphatic rings. The lowest BCUT2D eigenvalue weighted by Crippen LogP contribution is -2.17. The van der Waals surface area contributed by atoms with Crippen molar-refractivity contribution in [1.29, 1.82) is 0 Å². The molecule has 28 heavy (non-hydrogen) atoms. The third-order valence-corrected chi connectivity index (χ3v) is 7.40. The highest BCUT2D eigenvalue weighted by molar-refractivity contribution is 7.99. The molecule has 0 radical (unpaired) electrons. The van der Waals surface area contributed by atoms with Crippen LogP contribution in [0.3, 0.4) is 0 Å². The minimum Gasteiger partial charge on any atom is -0.494 e. The molecule has 0 N–H and O–H groups in total. The van der Waals surface area contributed by atoms with Crippen LogP contribution < -0.4 is 4.74 Å². The van der Waals surface area contributed by atoms with E-state index in [1.165, 1.54) is 31.1 Å². The van der Waals surface area contributed by atoms with Crippen molar-refractivity contribution in [2.24, 2.45) is 0 Å². The van der Waals surface area contributed by atoms with Crippen LogP contribution >= 0.6 is 24.4 Å². The summed E-state index contributed by atoms with van der Waals surface area (Å²) in [6.07, 6.45) is 5.98. The van der Waals surface area contributed by atoms with Gasteiger partial charge in [-0.2, -0.15) is 0 Å². The first-order chi connectivity index (χ1) is 13.1. The Kier molecular flexibility index (Phi) is 7.94. The molecular formula is C22H30O3S3. The summed E-state index contributed by atoms with van der Waals surface area (Å²) >= 11 is 6.22. The summed E-state index contributed by atoms with van der Waals surface area (Å²) in [5.74, 6) is 0.744. The van der Waals surface area contributed by atoms with E-state index >= 15 is 0 Å². The van der Waals surface area contributed by atoms with Crippen LogP contribution in [0.4, 0.5) is 0 Å². The van der Waals surface area contributed by atoms with E-state index in [1.807, 2.05) is 12.1 Å². The van der Waals surface area contributed by atoms with Crippen LogP contribution in [0.15, 0.2) is 56.0 Å². The molecule has 0 heterocycles. The van der Waals surface area contributed by atoms with Crippen molar-refractivity contribution < 1.29 is 13.2 Å². The van der Waals surface area contributed by atoms with Gasteiger partial charge in [-0.3, -0.25) is 0 Å². The molecule has 0 saturated carbocycles. The van der Waals surface area contributed by atoms with Gasteiger partial charge in [0.05, 0.1) is 16.9 Å². The number of ether oxygens (including phenoxy) is 1. The predicted octanol–water partition coefficient (Wildman–Crippen LogP) is 6.40. The molecule has 2 aromatic rings. The van der Waals surface area contributed by atoms with Gasteiger partial charge in [0.25, 0.3) is 0 Å². The van der Waals surface area contributed by atoms with Gasteiger partial charge in [0.1, 0.15) is 5.75 Å². The van der Waals surface area contributed by atoms with Crippen LogP contribution in [0.5, 0.6) is 5.75 Å². The fourth-order valence-corrected chi connectivity index (χ4v) is 5.16. The molecule has 2 aromatic carbocycles. The zero-order valence-electron chi connectivity index (χ0n) is 17.3. The van der Waals surface area contributed by atoms with Crippen LogP contribution in [-0.2, 0) is 15.3 Å². The molecule has 154 valence electrons. The zero-order chi connectivity index (χ0) is 20.9. The first kappa shape index (κ1) is 23.2. The van der Waals surface area contributed by atoms with Gasteiger partial charge >= 0.3 is 0 Å². The first-order valence-electron chi connectivity index (χ1n) is 9.48. The Labute approximate surface area is 179 Å².